The zero-order valence-electron chi connectivity index (χ0n) is 6.14. The first-order chi connectivity index (χ1) is 6.06. The predicted molar refractivity (Wildman–Crippen MR) is 44.4 cm³/mol. The lowest BCUT2D eigenvalue weighted by Crippen LogP contribution is -2.08. The molecule has 1 aromatic heterocycles. The average Bonchev–Trinajstić information content (AvgIpc) is 2.09. The minimum absolute atomic E-state index is 0.177. The van der Waals surface area contributed by atoms with Crippen molar-refractivity contribution in [2.24, 2.45) is 0 Å². The van der Waals surface area contributed by atoms with Crippen molar-refractivity contribution < 1.29 is 8.78 Å². The molecule has 0 unspecified atom stereocenters. The molecule has 0 aliphatic heterocycles. The van der Waals surface area contributed by atoms with Gasteiger partial charge in [0.15, 0.2) is 5.43 Å². The van der Waals surface area contributed by atoms with E-state index < -0.39 is 17.5 Å². The number of aromatic amines is 1. The van der Waals surface area contributed by atoms with Crippen molar-refractivity contribution in [1.82, 2.24) is 4.98 Å². The number of aromatic nitrogens is 1. The molecule has 1 heterocycles. The van der Waals surface area contributed by atoms with Crippen LogP contribution in [-0.2, 0) is 0 Å². The summed E-state index contributed by atoms with van der Waals surface area (Å²) < 4.78 is 24.2. The van der Waals surface area contributed by atoms with Gasteiger partial charge in [-0.05, 0) is 15.9 Å². The SMILES string of the molecule is N#Cc1cc(=O)c(Br)c(C(F)F)[nH]1. The number of halogens is 3. The Morgan fingerprint density at radius 2 is 2.23 bits per heavy atom. The molecule has 0 spiro atoms. The van der Waals surface area contributed by atoms with Crippen LogP contribution in [-0.4, -0.2) is 4.98 Å². The lowest BCUT2D eigenvalue weighted by molar-refractivity contribution is 0.145. The van der Waals surface area contributed by atoms with Crippen molar-refractivity contribution in [2.45, 2.75) is 6.43 Å². The zero-order chi connectivity index (χ0) is 10.0. The number of alkyl halides is 2. The second-order valence-electron chi connectivity index (χ2n) is 2.19. The second kappa shape index (κ2) is 3.66. The van der Waals surface area contributed by atoms with E-state index in [2.05, 4.69) is 20.9 Å². The summed E-state index contributed by atoms with van der Waals surface area (Å²) in [6.07, 6.45) is -2.81. The molecule has 0 aromatic carbocycles. The number of nitrogens with one attached hydrogen (secondary N) is 1. The molecule has 0 saturated heterocycles. The van der Waals surface area contributed by atoms with Crippen LogP contribution < -0.4 is 5.43 Å². The fourth-order valence-electron chi connectivity index (χ4n) is 0.774. The predicted octanol–water partition coefficient (Wildman–Crippen LogP) is 1.95. The van der Waals surface area contributed by atoms with E-state index in [1.165, 1.54) is 0 Å². The smallest absolute Gasteiger partial charge is 0.279 e. The van der Waals surface area contributed by atoms with Crippen molar-refractivity contribution >= 4 is 15.9 Å². The lowest BCUT2D eigenvalue weighted by atomic mass is 10.3. The fourth-order valence-corrected chi connectivity index (χ4v) is 1.16. The Morgan fingerprint density at radius 3 is 2.69 bits per heavy atom. The van der Waals surface area contributed by atoms with Gasteiger partial charge < -0.3 is 4.98 Å². The van der Waals surface area contributed by atoms with Crippen molar-refractivity contribution in [2.75, 3.05) is 0 Å². The van der Waals surface area contributed by atoms with Crippen molar-refractivity contribution in [3.8, 4) is 6.07 Å². The molecule has 3 nitrogen and oxygen atoms in total. The highest BCUT2D eigenvalue weighted by Gasteiger charge is 2.15. The van der Waals surface area contributed by atoms with Gasteiger partial charge in [-0.25, -0.2) is 8.78 Å². The third-order valence-electron chi connectivity index (χ3n) is 1.34. The van der Waals surface area contributed by atoms with E-state index in [9.17, 15) is 13.6 Å². The van der Waals surface area contributed by atoms with Gasteiger partial charge in [0.05, 0.1) is 4.47 Å². The third kappa shape index (κ3) is 1.92. The first-order valence-corrected chi connectivity index (χ1v) is 3.96. The number of hydrogen-bond acceptors (Lipinski definition) is 2. The molecule has 0 bridgehead atoms. The maximum atomic E-state index is 12.2. The van der Waals surface area contributed by atoms with Gasteiger partial charge in [0.25, 0.3) is 6.43 Å². The van der Waals surface area contributed by atoms with Crippen LogP contribution in [0.4, 0.5) is 8.78 Å². The molecule has 0 saturated carbocycles. The molecule has 0 aliphatic carbocycles. The van der Waals surface area contributed by atoms with E-state index in [-0.39, 0.29) is 10.2 Å². The summed E-state index contributed by atoms with van der Waals surface area (Å²) >= 11 is 2.71. The molecular weight excluding hydrogens is 246 g/mol. The second-order valence-corrected chi connectivity index (χ2v) is 2.98. The molecule has 0 radical (unpaired) electrons. The maximum Gasteiger partial charge on any atom is 0.279 e. The molecule has 1 N–H and O–H groups in total. The molecular formula is C7H3BrF2N2O. The molecule has 1 rings (SSSR count). The van der Waals surface area contributed by atoms with Gasteiger partial charge in [0, 0.05) is 6.07 Å². The summed E-state index contributed by atoms with van der Waals surface area (Å²) in [6, 6.07) is 2.53. The number of rotatable bonds is 1. The van der Waals surface area contributed by atoms with Gasteiger partial charge in [-0.2, -0.15) is 5.26 Å². The van der Waals surface area contributed by atoms with Gasteiger partial charge in [0.2, 0.25) is 0 Å². The summed E-state index contributed by atoms with van der Waals surface area (Å²) in [4.78, 5) is 13.1. The van der Waals surface area contributed by atoms with Crippen LogP contribution in [0.3, 0.4) is 0 Å². The Balaban J connectivity index is 3.44. The standard InChI is InChI=1S/C7H3BrF2N2O/c8-5-4(13)1-3(2-11)12-6(5)7(9)10/h1,7H,(H,12,13). The van der Waals surface area contributed by atoms with E-state index in [1.807, 2.05) is 0 Å². The number of nitrogens with zero attached hydrogens (tertiary/aromatic N) is 1. The number of nitriles is 1. The Kier molecular flexibility index (Phi) is 2.78. The van der Waals surface area contributed by atoms with Gasteiger partial charge >= 0.3 is 0 Å². The molecule has 13 heavy (non-hydrogen) atoms. The number of hydrogen-bond donors (Lipinski definition) is 1. The average molecular weight is 249 g/mol. The number of H-pyrrole nitrogens is 1. The quantitative estimate of drug-likeness (QED) is 0.826. The minimum atomic E-state index is -2.81. The third-order valence-corrected chi connectivity index (χ3v) is 2.15. The van der Waals surface area contributed by atoms with Crippen LogP contribution in [0.25, 0.3) is 0 Å². The van der Waals surface area contributed by atoms with Gasteiger partial charge in [-0.3, -0.25) is 4.79 Å². The summed E-state index contributed by atoms with van der Waals surface area (Å²) in [7, 11) is 0. The Hall–Kier alpha value is -1.22. The van der Waals surface area contributed by atoms with Crippen LogP contribution >= 0.6 is 15.9 Å². The normalized spacial score (nSPS) is 10.1. The largest absolute Gasteiger partial charge is 0.344 e. The van der Waals surface area contributed by atoms with E-state index in [1.54, 1.807) is 6.07 Å². The zero-order valence-corrected chi connectivity index (χ0v) is 7.73. The molecule has 0 aliphatic rings. The van der Waals surface area contributed by atoms with E-state index in [0.29, 0.717) is 0 Å². The Labute approximate surface area is 80.1 Å². The van der Waals surface area contributed by atoms with E-state index in [0.717, 1.165) is 6.07 Å². The summed E-state index contributed by atoms with van der Waals surface area (Å²) in [5.41, 5.74) is -1.38. The first-order valence-electron chi connectivity index (χ1n) is 3.17. The highest BCUT2D eigenvalue weighted by atomic mass is 79.9. The summed E-state index contributed by atoms with van der Waals surface area (Å²) in [6.45, 7) is 0. The monoisotopic (exact) mass is 248 g/mol. The first kappa shape index (κ1) is 9.86. The molecule has 0 atom stereocenters. The van der Waals surface area contributed by atoms with Crippen LogP contribution in [0, 0.1) is 11.3 Å². The van der Waals surface area contributed by atoms with E-state index >= 15 is 0 Å². The fraction of sp³-hybridized carbons (Fsp3) is 0.143. The van der Waals surface area contributed by atoms with Crippen LogP contribution in [0.1, 0.15) is 17.8 Å². The number of pyridine rings is 1. The topological polar surface area (TPSA) is 56.6 Å². The molecule has 6 heteroatoms. The van der Waals surface area contributed by atoms with E-state index in [4.69, 9.17) is 5.26 Å². The lowest BCUT2D eigenvalue weighted by Gasteiger charge is -2.02. The van der Waals surface area contributed by atoms with Gasteiger partial charge in [-0.1, -0.05) is 0 Å². The molecule has 0 fully saturated rings. The maximum absolute atomic E-state index is 12.2. The Bertz CT molecular complexity index is 421. The van der Waals surface area contributed by atoms with Crippen LogP contribution in [0.15, 0.2) is 15.3 Å². The van der Waals surface area contributed by atoms with Crippen LogP contribution in [0.2, 0.25) is 0 Å². The molecule has 0 amide bonds. The highest BCUT2D eigenvalue weighted by molar-refractivity contribution is 9.10. The van der Waals surface area contributed by atoms with Gasteiger partial charge in [-0.15, -0.1) is 0 Å². The van der Waals surface area contributed by atoms with Crippen molar-refractivity contribution in [3.05, 3.63) is 32.2 Å². The van der Waals surface area contributed by atoms with Crippen molar-refractivity contribution in [3.63, 3.8) is 0 Å². The molecule has 68 valence electrons. The Morgan fingerprint density at radius 1 is 1.62 bits per heavy atom. The molecule has 1 aromatic rings. The van der Waals surface area contributed by atoms with Crippen molar-refractivity contribution in [1.29, 1.82) is 5.26 Å². The summed E-state index contributed by atoms with van der Waals surface area (Å²) in [5.74, 6) is 0. The highest BCUT2D eigenvalue weighted by Crippen LogP contribution is 2.22. The summed E-state index contributed by atoms with van der Waals surface area (Å²) in [5, 5.41) is 8.38. The minimum Gasteiger partial charge on any atom is -0.344 e. The van der Waals surface area contributed by atoms with Crippen LogP contribution in [0.5, 0.6) is 0 Å². The van der Waals surface area contributed by atoms with Gasteiger partial charge in [0.1, 0.15) is 17.5 Å².